The molecule has 0 fully saturated rings. The second-order valence-corrected chi connectivity index (χ2v) is 5.92. The number of hydrogen-bond acceptors (Lipinski definition) is 4. The maximum atomic E-state index is 12.1. The summed E-state index contributed by atoms with van der Waals surface area (Å²) in [6.45, 7) is 3.47. The molecule has 0 spiro atoms. The number of amides is 2. The minimum Gasteiger partial charge on any atom is -0.398 e. The van der Waals surface area contributed by atoms with Gasteiger partial charge < -0.3 is 11.1 Å². The molecule has 0 saturated heterocycles. The summed E-state index contributed by atoms with van der Waals surface area (Å²) in [5, 5.41) is 7.29. The quantitative estimate of drug-likeness (QED) is 0.434. The first-order valence-corrected chi connectivity index (χ1v) is 7.99. The molecule has 0 unspecified atom stereocenters. The summed E-state index contributed by atoms with van der Waals surface area (Å²) in [6, 6.07) is 12.0. The first kappa shape index (κ1) is 18.5. The van der Waals surface area contributed by atoms with E-state index < -0.39 is 5.91 Å². The van der Waals surface area contributed by atoms with E-state index in [0.717, 1.165) is 5.56 Å². The van der Waals surface area contributed by atoms with Gasteiger partial charge in [0.1, 0.15) is 0 Å². The Bertz CT molecular complexity index is 834. The number of hydrogen-bond donors (Lipinski definition) is 3. The molecule has 0 heterocycles. The third kappa shape index (κ3) is 5.06. The molecule has 0 aliphatic rings. The number of para-hydroxylation sites is 1. The Labute approximate surface area is 151 Å². The average molecular weight is 359 g/mol. The predicted molar refractivity (Wildman–Crippen MR) is 101 cm³/mol. The van der Waals surface area contributed by atoms with Crippen LogP contribution in [0, 0.1) is 6.92 Å². The highest BCUT2D eigenvalue weighted by atomic mass is 35.5. The summed E-state index contributed by atoms with van der Waals surface area (Å²) < 4.78 is 0. The van der Waals surface area contributed by atoms with E-state index in [-0.39, 0.29) is 12.3 Å². The number of nitrogens with one attached hydrogen (secondary N) is 2. The third-order valence-electron chi connectivity index (χ3n) is 3.51. The fraction of sp³-hybridized carbons (Fsp3) is 0.167. The fourth-order valence-electron chi connectivity index (χ4n) is 2.12. The molecule has 2 rings (SSSR count). The molecule has 0 bridgehead atoms. The van der Waals surface area contributed by atoms with Gasteiger partial charge in [0.05, 0.1) is 12.0 Å². The van der Waals surface area contributed by atoms with Crippen molar-refractivity contribution < 1.29 is 9.59 Å². The van der Waals surface area contributed by atoms with Crippen LogP contribution in [0.3, 0.4) is 0 Å². The van der Waals surface area contributed by atoms with Gasteiger partial charge in [-0.05, 0) is 43.7 Å². The Morgan fingerprint density at radius 3 is 2.60 bits per heavy atom. The number of carbonyl (C=O) groups excluding carboxylic acids is 2. The third-order valence-corrected chi connectivity index (χ3v) is 3.92. The van der Waals surface area contributed by atoms with E-state index in [9.17, 15) is 9.59 Å². The van der Waals surface area contributed by atoms with Crippen LogP contribution in [-0.4, -0.2) is 17.5 Å². The van der Waals surface area contributed by atoms with Crippen molar-refractivity contribution in [2.45, 2.75) is 20.3 Å². The molecule has 2 amide bonds. The number of carbonyl (C=O) groups is 2. The number of nitrogen functional groups attached to an aromatic ring is 1. The van der Waals surface area contributed by atoms with Crippen LogP contribution in [-0.2, 0) is 4.79 Å². The smallest absolute Gasteiger partial charge is 0.273 e. The number of hydrazone groups is 1. The van der Waals surface area contributed by atoms with Gasteiger partial charge in [-0.25, -0.2) is 5.43 Å². The molecule has 25 heavy (non-hydrogen) atoms. The zero-order valence-corrected chi connectivity index (χ0v) is 14.7. The minimum absolute atomic E-state index is 0.0382. The summed E-state index contributed by atoms with van der Waals surface area (Å²) in [5.41, 5.74) is 10.7. The van der Waals surface area contributed by atoms with Crippen LogP contribution in [0.5, 0.6) is 0 Å². The Balaban J connectivity index is 1.94. The molecule has 6 nitrogen and oxygen atoms in total. The largest absolute Gasteiger partial charge is 0.398 e. The van der Waals surface area contributed by atoms with Crippen molar-refractivity contribution in [3.05, 3.63) is 58.6 Å². The van der Waals surface area contributed by atoms with Crippen molar-refractivity contribution in [3.63, 3.8) is 0 Å². The molecule has 2 aromatic carbocycles. The van der Waals surface area contributed by atoms with Gasteiger partial charge >= 0.3 is 0 Å². The molecule has 2 aromatic rings. The maximum absolute atomic E-state index is 12.1. The van der Waals surface area contributed by atoms with Crippen molar-refractivity contribution in [3.8, 4) is 0 Å². The summed E-state index contributed by atoms with van der Waals surface area (Å²) in [5.74, 6) is -0.677. The average Bonchev–Trinajstić information content (AvgIpc) is 2.57. The van der Waals surface area contributed by atoms with Crippen molar-refractivity contribution in [1.82, 2.24) is 5.43 Å². The van der Waals surface area contributed by atoms with Crippen molar-refractivity contribution in [2.75, 3.05) is 11.1 Å². The van der Waals surface area contributed by atoms with E-state index in [2.05, 4.69) is 15.8 Å². The van der Waals surface area contributed by atoms with Crippen molar-refractivity contribution in [2.24, 2.45) is 5.10 Å². The standard InChI is InChI=1S/C18H19ClN4O2/c1-11(22-23-18(25)13-6-3-4-8-15(13)20)10-17(24)21-16-9-5-7-14(19)12(16)2/h3-9H,10,20H2,1-2H3,(H,21,24)(H,23,25). The summed E-state index contributed by atoms with van der Waals surface area (Å²) in [4.78, 5) is 24.1. The molecule has 130 valence electrons. The molecule has 0 radical (unpaired) electrons. The summed E-state index contributed by atoms with van der Waals surface area (Å²) >= 11 is 6.03. The van der Waals surface area contributed by atoms with Crippen LogP contribution in [0.1, 0.15) is 29.3 Å². The van der Waals surface area contributed by atoms with E-state index in [1.165, 1.54) is 0 Å². The van der Waals surface area contributed by atoms with Crippen LogP contribution in [0.15, 0.2) is 47.6 Å². The molecular formula is C18H19ClN4O2. The van der Waals surface area contributed by atoms with Gasteiger partial charge in [-0.3, -0.25) is 9.59 Å². The topological polar surface area (TPSA) is 96.6 Å². The van der Waals surface area contributed by atoms with Gasteiger partial charge in [0, 0.05) is 22.1 Å². The first-order valence-electron chi connectivity index (χ1n) is 7.61. The summed E-state index contributed by atoms with van der Waals surface area (Å²) in [6.07, 6.45) is 0.0382. The zero-order chi connectivity index (χ0) is 18.4. The Morgan fingerprint density at radius 1 is 1.16 bits per heavy atom. The lowest BCUT2D eigenvalue weighted by Gasteiger charge is -2.09. The van der Waals surface area contributed by atoms with Crippen LogP contribution < -0.4 is 16.5 Å². The number of anilines is 2. The lowest BCUT2D eigenvalue weighted by Crippen LogP contribution is -2.22. The Morgan fingerprint density at radius 2 is 1.88 bits per heavy atom. The molecule has 0 aliphatic heterocycles. The van der Waals surface area contributed by atoms with Crippen molar-refractivity contribution >= 4 is 40.5 Å². The van der Waals surface area contributed by atoms with E-state index in [1.54, 1.807) is 49.4 Å². The molecular weight excluding hydrogens is 340 g/mol. The van der Waals surface area contributed by atoms with Crippen LogP contribution in [0.4, 0.5) is 11.4 Å². The number of nitrogens with two attached hydrogens (primary N) is 1. The fourth-order valence-corrected chi connectivity index (χ4v) is 2.29. The zero-order valence-electron chi connectivity index (χ0n) is 14.0. The van der Waals surface area contributed by atoms with Gasteiger partial charge in [-0.2, -0.15) is 5.10 Å². The van der Waals surface area contributed by atoms with Gasteiger partial charge in [-0.15, -0.1) is 0 Å². The van der Waals surface area contributed by atoms with E-state index in [0.29, 0.717) is 27.7 Å². The summed E-state index contributed by atoms with van der Waals surface area (Å²) in [7, 11) is 0. The van der Waals surface area contributed by atoms with E-state index in [1.807, 2.05) is 6.92 Å². The first-order chi connectivity index (χ1) is 11.9. The Kier molecular flexibility index (Phi) is 6.14. The molecule has 4 N–H and O–H groups in total. The monoisotopic (exact) mass is 358 g/mol. The lowest BCUT2D eigenvalue weighted by atomic mass is 10.2. The van der Waals surface area contributed by atoms with Crippen molar-refractivity contribution in [1.29, 1.82) is 0 Å². The van der Waals surface area contributed by atoms with E-state index in [4.69, 9.17) is 17.3 Å². The predicted octanol–water partition coefficient (Wildman–Crippen LogP) is 3.37. The number of rotatable bonds is 5. The number of nitrogens with zero attached hydrogens (tertiary/aromatic N) is 1. The van der Waals surface area contributed by atoms with E-state index >= 15 is 0 Å². The number of halogens is 1. The van der Waals surface area contributed by atoms with Gasteiger partial charge in [0.25, 0.3) is 5.91 Å². The maximum Gasteiger partial charge on any atom is 0.273 e. The molecule has 7 heteroatoms. The van der Waals surface area contributed by atoms with Crippen LogP contribution in [0.25, 0.3) is 0 Å². The lowest BCUT2D eigenvalue weighted by molar-refractivity contribution is -0.115. The normalized spacial score (nSPS) is 11.1. The highest BCUT2D eigenvalue weighted by molar-refractivity contribution is 6.31. The van der Waals surface area contributed by atoms with Gasteiger partial charge in [0.15, 0.2) is 0 Å². The van der Waals surface area contributed by atoms with Gasteiger partial charge in [-0.1, -0.05) is 29.8 Å². The second kappa shape index (κ2) is 8.30. The highest BCUT2D eigenvalue weighted by Gasteiger charge is 2.10. The minimum atomic E-state index is -0.427. The molecule has 0 aromatic heterocycles. The van der Waals surface area contributed by atoms with Crippen LogP contribution >= 0.6 is 11.6 Å². The second-order valence-electron chi connectivity index (χ2n) is 5.51. The SMILES string of the molecule is CC(CC(=O)Nc1cccc(Cl)c1C)=NNC(=O)c1ccccc1N. The Hall–Kier alpha value is -2.86. The van der Waals surface area contributed by atoms with Crippen LogP contribution in [0.2, 0.25) is 5.02 Å². The number of benzene rings is 2. The molecule has 0 atom stereocenters. The highest BCUT2D eigenvalue weighted by Crippen LogP contribution is 2.22. The molecule has 0 aliphatic carbocycles. The molecule has 0 saturated carbocycles. The van der Waals surface area contributed by atoms with Gasteiger partial charge in [0.2, 0.25) is 5.91 Å².